The molecular formula is C17H18N2Se. The van der Waals surface area contributed by atoms with E-state index in [1.807, 2.05) is 6.07 Å². The molecule has 0 saturated carbocycles. The number of fused-ring (bicyclic) bond motifs is 1. The van der Waals surface area contributed by atoms with Crippen molar-refractivity contribution in [2.24, 2.45) is 0 Å². The number of aromatic nitrogens is 2. The van der Waals surface area contributed by atoms with Crippen LogP contribution in [-0.2, 0) is 5.41 Å². The summed E-state index contributed by atoms with van der Waals surface area (Å²) in [4.78, 5) is 4.86. The van der Waals surface area contributed by atoms with E-state index in [2.05, 4.69) is 73.8 Å². The van der Waals surface area contributed by atoms with Crippen LogP contribution in [0.4, 0.5) is 0 Å². The predicted molar refractivity (Wildman–Crippen MR) is 85.4 cm³/mol. The molecule has 0 aliphatic rings. The number of hydrogen-bond donors (Lipinski definition) is 0. The Morgan fingerprint density at radius 1 is 0.950 bits per heavy atom. The molecule has 0 aliphatic carbocycles. The molecule has 0 aliphatic heterocycles. The topological polar surface area (TPSA) is 17.3 Å². The number of hydrogen-bond acceptors (Lipinski definition) is 1. The van der Waals surface area contributed by atoms with Crippen LogP contribution < -0.4 is 9.05 Å². The maximum atomic E-state index is 4.86. The van der Waals surface area contributed by atoms with Gasteiger partial charge in [0.2, 0.25) is 0 Å². The third-order valence-electron chi connectivity index (χ3n) is 3.15. The standard InChI is InChI=1S/C17H18N2Se/c1-17(2,3)15-16(20-13-9-5-4-6-10-13)19-12-8-7-11-14(19)18-15/h4-12H,1-3H3. The molecule has 3 heteroatoms. The molecule has 0 N–H and O–H groups in total. The van der Waals surface area contributed by atoms with Gasteiger partial charge in [-0.3, -0.25) is 0 Å². The van der Waals surface area contributed by atoms with Crippen LogP contribution >= 0.6 is 0 Å². The third-order valence-corrected chi connectivity index (χ3v) is 5.44. The van der Waals surface area contributed by atoms with Crippen LogP contribution in [0.15, 0.2) is 54.7 Å². The van der Waals surface area contributed by atoms with Gasteiger partial charge in [-0.2, -0.15) is 0 Å². The second-order valence-corrected chi connectivity index (χ2v) is 8.09. The van der Waals surface area contributed by atoms with Gasteiger partial charge in [-0.15, -0.1) is 0 Å². The van der Waals surface area contributed by atoms with Gasteiger partial charge in [-0.1, -0.05) is 0 Å². The van der Waals surface area contributed by atoms with Gasteiger partial charge in [0.15, 0.2) is 0 Å². The second kappa shape index (κ2) is 5.08. The van der Waals surface area contributed by atoms with E-state index < -0.39 is 0 Å². The molecule has 0 saturated heterocycles. The summed E-state index contributed by atoms with van der Waals surface area (Å²) >= 11 is 0.268. The number of benzene rings is 1. The fourth-order valence-corrected chi connectivity index (χ4v) is 4.71. The Balaban J connectivity index is 2.16. The summed E-state index contributed by atoms with van der Waals surface area (Å²) in [6.45, 7) is 6.71. The average Bonchev–Trinajstić information content (AvgIpc) is 2.79. The first-order valence-corrected chi connectivity index (χ1v) is 8.47. The normalized spacial score (nSPS) is 11.9. The van der Waals surface area contributed by atoms with Gasteiger partial charge in [0, 0.05) is 0 Å². The molecule has 2 nitrogen and oxygen atoms in total. The van der Waals surface area contributed by atoms with Gasteiger partial charge in [0.05, 0.1) is 0 Å². The number of rotatable bonds is 2. The van der Waals surface area contributed by atoms with Crippen LogP contribution in [0.25, 0.3) is 5.65 Å². The second-order valence-electron chi connectivity index (χ2n) is 5.86. The van der Waals surface area contributed by atoms with Gasteiger partial charge in [0.1, 0.15) is 0 Å². The Labute approximate surface area is 126 Å². The zero-order valence-corrected chi connectivity index (χ0v) is 13.7. The Morgan fingerprint density at radius 3 is 2.35 bits per heavy atom. The molecule has 0 spiro atoms. The van der Waals surface area contributed by atoms with Gasteiger partial charge in [-0.25, -0.2) is 0 Å². The van der Waals surface area contributed by atoms with Crippen LogP contribution in [0.2, 0.25) is 0 Å². The molecule has 0 radical (unpaired) electrons. The molecule has 1 aromatic carbocycles. The fourth-order valence-electron chi connectivity index (χ4n) is 2.16. The summed E-state index contributed by atoms with van der Waals surface area (Å²) in [6.07, 6.45) is 2.12. The molecule has 0 atom stereocenters. The first-order valence-electron chi connectivity index (χ1n) is 6.76. The Morgan fingerprint density at radius 2 is 1.65 bits per heavy atom. The van der Waals surface area contributed by atoms with E-state index >= 15 is 0 Å². The van der Waals surface area contributed by atoms with Gasteiger partial charge < -0.3 is 0 Å². The molecule has 0 bridgehead atoms. The first-order chi connectivity index (χ1) is 9.55. The summed E-state index contributed by atoms with van der Waals surface area (Å²) in [6, 6.07) is 16.9. The van der Waals surface area contributed by atoms with Crippen LogP contribution in [0.1, 0.15) is 26.5 Å². The summed E-state index contributed by atoms with van der Waals surface area (Å²) in [7, 11) is 0. The zero-order chi connectivity index (χ0) is 14.2. The van der Waals surface area contributed by atoms with E-state index in [9.17, 15) is 0 Å². The van der Waals surface area contributed by atoms with Crippen molar-refractivity contribution in [1.29, 1.82) is 0 Å². The monoisotopic (exact) mass is 330 g/mol. The molecule has 0 amide bonds. The number of imidazole rings is 1. The Hall–Kier alpha value is -1.57. The Bertz CT molecular complexity index is 724. The van der Waals surface area contributed by atoms with Crippen LogP contribution in [0.3, 0.4) is 0 Å². The van der Waals surface area contributed by atoms with E-state index in [0.717, 1.165) is 5.65 Å². The summed E-state index contributed by atoms with van der Waals surface area (Å²) < 4.78 is 4.98. The van der Waals surface area contributed by atoms with E-state index in [-0.39, 0.29) is 20.4 Å². The zero-order valence-electron chi connectivity index (χ0n) is 12.0. The molecule has 20 heavy (non-hydrogen) atoms. The van der Waals surface area contributed by atoms with Crippen molar-refractivity contribution in [1.82, 2.24) is 9.38 Å². The van der Waals surface area contributed by atoms with Crippen molar-refractivity contribution >= 4 is 29.7 Å². The third kappa shape index (κ3) is 2.52. The summed E-state index contributed by atoms with van der Waals surface area (Å²) in [5.41, 5.74) is 2.33. The molecule has 3 rings (SSSR count). The molecule has 2 heterocycles. The number of pyridine rings is 1. The summed E-state index contributed by atoms with van der Waals surface area (Å²) in [5, 5.41) is 0. The quantitative estimate of drug-likeness (QED) is 0.660. The van der Waals surface area contributed by atoms with E-state index in [1.165, 1.54) is 14.7 Å². The van der Waals surface area contributed by atoms with Crippen molar-refractivity contribution < 1.29 is 0 Å². The maximum absolute atomic E-state index is 4.86. The van der Waals surface area contributed by atoms with Gasteiger partial charge in [-0.05, 0) is 0 Å². The first kappa shape index (κ1) is 13.4. The van der Waals surface area contributed by atoms with Crippen molar-refractivity contribution in [2.45, 2.75) is 26.2 Å². The molecular weight excluding hydrogens is 311 g/mol. The molecule has 102 valence electrons. The molecule has 0 unspecified atom stereocenters. The van der Waals surface area contributed by atoms with Gasteiger partial charge >= 0.3 is 126 Å². The molecule has 3 aromatic rings. The number of nitrogens with zero attached hydrogens (tertiary/aromatic N) is 2. The predicted octanol–water partition coefficient (Wildman–Crippen LogP) is 2.29. The molecule has 0 fully saturated rings. The van der Waals surface area contributed by atoms with E-state index in [1.54, 1.807) is 0 Å². The van der Waals surface area contributed by atoms with Crippen molar-refractivity contribution in [3.8, 4) is 0 Å². The minimum atomic E-state index is 0.0673. The van der Waals surface area contributed by atoms with E-state index in [0.29, 0.717) is 0 Å². The van der Waals surface area contributed by atoms with E-state index in [4.69, 9.17) is 4.98 Å². The van der Waals surface area contributed by atoms with Crippen molar-refractivity contribution in [2.75, 3.05) is 0 Å². The SMILES string of the molecule is CC(C)(C)c1nc2ccccn2c1[Se]c1ccccc1. The fraction of sp³-hybridized carbons (Fsp3) is 0.235. The molecule has 2 aromatic heterocycles. The van der Waals surface area contributed by atoms with Crippen molar-refractivity contribution in [3.05, 3.63) is 60.4 Å². The van der Waals surface area contributed by atoms with Crippen molar-refractivity contribution in [3.63, 3.8) is 0 Å². The van der Waals surface area contributed by atoms with Crippen LogP contribution in [-0.4, -0.2) is 24.3 Å². The average molecular weight is 329 g/mol. The van der Waals surface area contributed by atoms with Gasteiger partial charge in [0.25, 0.3) is 0 Å². The van der Waals surface area contributed by atoms with Crippen LogP contribution in [0, 0.1) is 0 Å². The minimum absolute atomic E-state index is 0.0673. The Kier molecular flexibility index (Phi) is 3.41. The summed E-state index contributed by atoms with van der Waals surface area (Å²) in [5.74, 6) is 0. The van der Waals surface area contributed by atoms with Crippen LogP contribution in [0.5, 0.6) is 0 Å².